The van der Waals surface area contributed by atoms with E-state index in [9.17, 15) is 4.79 Å². The number of carbonyl (C=O) groups excluding carboxylic acids is 1. The van der Waals surface area contributed by atoms with Crippen LogP contribution in [0.25, 0.3) is 6.08 Å². The summed E-state index contributed by atoms with van der Waals surface area (Å²) in [4.78, 5) is 28.8. The molecule has 4 heterocycles. The Kier molecular flexibility index (Phi) is 6.22. The number of carbonyl (C=O) groups is 1. The van der Waals surface area contributed by atoms with E-state index in [4.69, 9.17) is 4.98 Å². The third-order valence-electron chi connectivity index (χ3n) is 7.31. The maximum Gasteiger partial charge on any atom is 0.255 e. The van der Waals surface area contributed by atoms with E-state index in [2.05, 4.69) is 58.0 Å². The van der Waals surface area contributed by atoms with Gasteiger partial charge in [0.1, 0.15) is 12.0 Å². The van der Waals surface area contributed by atoms with E-state index in [1.54, 1.807) is 4.90 Å². The lowest BCUT2D eigenvalue weighted by Gasteiger charge is -2.43. The number of fused-ring (bicyclic) bond motifs is 2. The van der Waals surface area contributed by atoms with E-state index >= 15 is 0 Å². The van der Waals surface area contributed by atoms with Crippen molar-refractivity contribution in [3.63, 3.8) is 0 Å². The number of rotatable bonds is 4. The molecular weight excluding hydrogens is 480 g/mol. The molecule has 0 saturated carbocycles. The van der Waals surface area contributed by atoms with Gasteiger partial charge in [-0.1, -0.05) is 36.9 Å². The maximum atomic E-state index is 13.2. The second kappa shape index (κ2) is 9.68. The molecule has 8 heteroatoms. The highest BCUT2D eigenvalue weighted by Gasteiger charge is 2.36. The van der Waals surface area contributed by atoms with Gasteiger partial charge in [0, 0.05) is 66.3 Å². The zero-order chi connectivity index (χ0) is 25.5. The Morgan fingerprint density at radius 1 is 1.08 bits per heavy atom. The molecular formula is C29H30N6OS. The van der Waals surface area contributed by atoms with Crippen molar-refractivity contribution in [2.45, 2.75) is 17.8 Å². The third-order valence-corrected chi connectivity index (χ3v) is 8.55. The largest absolute Gasteiger partial charge is 0.324 e. The first-order valence-electron chi connectivity index (χ1n) is 12.5. The van der Waals surface area contributed by atoms with Crippen molar-refractivity contribution in [2.75, 3.05) is 43.2 Å². The first-order valence-corrected chi connectivity index (χ1v) is 13.6. The van der Waals surface area contributed by atoms with Crippen LogP contribution in [-0.2, 0) is 6.42 Å². The summed E-state index contributed by atoms with van der Waals surface area (Å²) in [5.41, 5.74) is 5.76. The topological polar surface area (TPSA) is 64.6 Å². The molecule has 0 bridgehead atoms. The van der Waals surface area contributed by atoms with E-state index in [-0.39, 0.29) is 12.1 Å². The van der Waals surface area contributed by atoms with Crippen molar-refractivity contribution < 1.29 is 4.79 Å². The second-order valence-electron chi connectivity index (χ2n) is 9.79. The van der Waals surface area contributed by atoms with Crippen LogP contribution >= 0.6 is 11.8 Å². The number of thioether (sulfide) groups is 1. The van der Waals surface area contributed by atoms with Gasteiger partial charge in [0.25, 0.3) is 5.91 Å². The zero-order valence-corrected chi connectivity index (χ0v) is 21.9. The van der Waals surface area contributed by atoms with Gasteiger partial charge >= 0.3 is 0 Å². The Balaban J connectivity index is 1.26. The molecule has 2 atom stereocenters. The van der Waals surface area contributed by atoms with Crippen LogP contribution in [0, 0.1) is 0 Å². The fourth-order valence-electron chi connectivity index (χ4n) is 5.21. The highest BCUT2D eigenvalue weighted by atomic mass is 32.2. The van der Waals surface area contributed by atoms with Gasteiger partial charge < -0.3 is 20.0 Å². The van der Waals surface area contributed by atoms with Crippen LogP contribution in [0.5, 0.6) is 0 Å². The third kappa shape index (κ3) is 4.51. The number of hydrogen-bond donors (Lipinski definition) is 1. The Hall–Kier alpha value is -3.62. The predicted molar refractivity (Wildman–Crippen MR) is 151 cm³/mol. The summed E-state index contributed by atoms with van der Waals surface area (Å²) in [5, 5.41) is 3.87. The molecule has 188 valence electrons. The summed E-state index contributed by atoms with van der Waals surface area (Å²) in [6.45, 7) is 6.49. The fraction of sp³-hybridized carbons (Fsp3) is 0.276. The minimum absolute atomic E-state index is 0.00516. The predicted octanol–water partition coefficient (Wildman–Crippen LogP) is 4.94. The van der Waals surface area contributed by atoms with E-state index in [0.717, 1.165) is 52.7 Å². The number of nitrogens with one attached hydrogen (secondary N) is 1. The molecule has 0 radical (unpaired) electrons. The van der Waals surface area contributed by atoms with E-state index in [0.29, 0.717) is 17.6 Å². The van der Waals surface area contributed by atoms with Crippen LogP contribution < -0.4 is 10.2 Å². The van der Waals surface area contributed by atoms with Crippen molar-refractivity contribution in [1.29, 1.82) is 0 Å². The highest BCUT2D eigenvalue weighted by molar-refractivity contribution is 7.99. The normalized spacial score (nSPS) is 21.6. The van der Waals surface area contributed by atoms with Crippen molar-refractivity contribution in [3.05, 3.63) is 95.3 Å². The number of allylic oxidation sites excluding steroid dienone is 1. The van der Waals surface area contributed by atoms with E-state index in [1.165, 1.54) is 5.56 Å². The summed E-state index contributed by atoms with van der Waals surface area (Å²) < 4.78 is 0. The Morgan fingerprint density at radius 2 is 1.89 bits per heavy atom. The zero-order valence-electron chi connectivity index (χ0n) is 21.1. The van der Waals surface area contributed by atoms with E-state index < -0.39 is 0 Å². The molecule has 1 amide bonds. The van der Waals surface area contributed by atoms with Crippen molar-refractivity contribution in [2.24, 2.45) is 0 Å². The standard InChI is InChI=1S/C29H30N6OS/c1-19-8-9-22-17-30-29(31-23-12-10-20(11-13-23)25-18-33(2)14-15-37-25)32-27(22)35(19)26-16-21-6-4-5-7-24(21)28(36)34(26)3/h4-13,17,25-26H,1,14-16,18H2,2-3H3,(H,30,31,32). The molecule has 1 N–H and O–H groups in total. The molecule has 1 fully saturated rings. The number of nitrogens with zero attached hydrogens (tertiary/aromatic N) is 5. The Bertz CT molecular complexity index is 1390. The first kappa shape index (κ1) is 23.8. The van der Waals surface area contributed by atoms with Crippen molar-refractivity contribution in [1.82, 2.24) is 19.8 Å². The van der Waals surface area contributed by atoms with Gasteiger partial charge in [0.15, 0.2) is 0 Å². The molecule has 3 aliphatic rings. The molecule has 1 saturated heterocycles. The summed E-state index contributed by atoms with van der Waals surface area (Å²) in [6.07, 6.45) is 6.21. The lowest BCUT2D eigenvalue weighted by molar-refractivity contribution is 0.0708. The number of anilines is 3. The van der Waals surface area contributed by atoms with Gasteiger partial charge in [0.05, 0.1) is 0 Å². The molecule has 3 aromatic rings. The second-order valence-corrected chi connectivity index (χ2v) is 11.1. The van der Waals surface area contributed by atoms with Gasteiger partial charge in [-0.25, -0.2) is 4.98 Å². The number of benzene rings is 2. The minimum Gasteiger partial charge on any atom is -0.324 e. The average molecular weight is 511 g/mol. The first-order chi connectivity index (χ1) is 18.0. The average Bonchev–Trinajstić information content (AvgIpc) is 2.91. The number of hydrogen-bond acceptors (Lipinski definition) is 7. The summed E-state index contributed by atoms with van der Waals surface area (Å²) in [5.74, 6) is 2.42. The Labute approximate surface area is 221 Å². The molecule has 0 aliphatic carbocycles. The summed E-state index contributed by atoms with van der Waals surface area (Å²) >= 11 is 2.02. The van der Waals surface area contributed by atoms with E-state index in [1.807, 2.05) is 61.4 Å². The van der Waals surface area contributed by atoms with Crippen LogP contribution in [0.2, 0.25) is 0 Å². The molecule has 0 spiro atoms. The monoisotopic (exact) mass is 510 g/mol. The van der Waals surface area contributed by atoms with Gasteiger partial charge in [-0.2, -0.15) is 16.7 Å². The molecule has 1 aromatic heterocycles. The van der Waals surface area contributed by atoms with Gasteiger partial charge in [-0.3, -0.25) is 4.79 Å². The molecule has 3 aliphatic heterocycles. The smallest absolute Gasteiger partial charge is 0.255 e. The number of likely N-dealkylation sites (N-methyl/N-ethyl adjacent to an activating group) is 2. The molecule has 37 heavy (non-hydrogen) atoms. The SMILES string of the molecule is C=C1C=Cc2cnc(Nc3ccc(C4CN(C)CCS4)cc3)nc2N1C1Cc2ccccc2C(=O)N1C. The van der Waals surface area contributed by atoms with Gasteiger partial charge in [-0.05, 0) is 48.5 Å². The Morgan fingerprint density at radius 3 is 2.70 bits per heavy atom. The number of amides is 1. The van der Waals surface area contributed by atoms with Crippen LogP contribution in [0.3, 0.4) is 0 Å². The van der Waals surface area contributed by atoms with Gasteiger partial charge in [-0.15, -0.1) is 0 Å². The maximum absolute atomic E-state index is 13.2. The summed E-state index contributed by atoms with van der Waals surface area (Å²) in [6, 6.07) is 16.4. The van der Waals surface area contributed by atoms with Crippen LogP contribution in [0.1, 0.15) is 32.3 Å². The van der Waals surface area contributed by atoms with Crippen LogP contribution in [0.4, 0.5) is 17.5 Å². The van der Waals surface area contributed by atoms with Crippen molar-refractivity contribution in [3.8, 4) is 0 Å². The number of aromatic nitrogens is 2. The lowest BCUT2D eigenvalue weighted by Crippen LogP contribution is -2.53. The van der Waals surface area contributed by atoms with Crippen LogP contribution in [0.15, 0.2) is 73.1 Å². The molecule has 2 aromatic carbocycles. The van der Waals surface area contributed by atoms with Crippen LogP contribution in [-0.4, -0.2) is 64.8 Å². The lowest BCUT2D eigenvalue weighted by atomic mass is 9.95. The van der Waals surface area contributed by atoms with Gasteiger partial charge in [0.2, 0.25) is 5.95 Å². The molecule has 6 rings (SSSR count). The molecule has 7 nitrogen and oxygen atoms in total. The fourth-order valence-corrected chi connectivity index (χ4v) is 6.62. The minimum atomic E-state index is -0.230. The van der Waals surface area contributed by atoms with Crippen molar-refractivity contribution >= 4 is 41.2 Å². The summed E-state index contributed by atoms with van der Waals surface area (Å²) in [7, 11) is 4.03. The molecule has 2 unspecified atom stereocenters. The highest BCUT2D eigenvalue weighted by Crippen LogP contribution is 2.36. The quantitative estimate of drug-likeness (QED) is 0.533.